The number of hydrogen-bond donors (Lipinski definition) is 0. The summed E-state index contributed by atoms with van der Waals surface area (Å²) in [5, 5.41) is 0. The Labute approximate surface area is 195 Å². The Hall–Kier alpha value is -3.33. The van der Waals surface area contributed by atoms with Crippen LogP contribution in [0.25, 0.3) is 16.7 Å². The van der Waals surface area contributed by atoms with Crippen molar-refractivity contribution in [3.63, 3.8) is 0 Å². The molecule has 1 aromatic rings. The Morgan fingerprint density at radius 1 is 0.750 bits per heavy atom. The zero-order chi connectivity index (χ0) is 24.4. The van der Waals surface area contributed by atoms with E-state index in [1.54, 1.807) is 6.08 Å². The zero-order valence-corrected chi connectivity index (χ0v) is 20.9. The minimum Gasteiger partial charge on any atom is -0.208 e. The normalized spacial score (nSPS) is 12.5. The lowest BCUT2D eigenvalue weighted by atomic mass is 10.1. The van der Waals surface area contributed by atoms with Crippen molar-refractivity contribution in [1.82, 2.24) is 15.0 Å². The molecule has 0 fully saturated rings. The van der Waals surface area contributed by atoms with Gasteiger partial charge in [-0.25, -0.2) is 15.0 Å². The van der Waals surface area contributed by atoms with E-state index < -0.39 is 0 Å². The van der Waals surface area contributed by atoms with Crippen molar-refractivity contribution in [1.29, 1.82) is 0 Å². The van der Waals surface area contributed by atoms with Crippen LogP contribution in [0.15, 0.2) is 91.6 Å². The average molecular weight is 430 g/mol. The van der Waals surface area contributed by atoms with Crippen molar-refractivity contribution in [2.24, 2.45) is 0 Å². The molecular weight excluding hydrogens is 390 g/mol. The number of rotatable bonds is 9. The maximum atomic E-state index is 4.70. The first-order valence-corrected chi connectivity index (χ1v) is 11.0. The van der Waals surface area contributed by atoms with Crippen molar-refractivity contribution < 1.29 is 0 Å². The largest absolute Gasteiger partial charge is 0.208 e. The third-order valence-electron chi connectivity index (χ3n) is 4.11. The third kappa shape index (κ3) is 11.2. The third-order valence-corrected chi connectivity index (χ3v) is 4.11. The lowest BCUT2D eigenvalue weighted by Crippen LogP contribution is -2.06. The molecule has 0 aromatic carbocycles. The van der Waals surface area contributed by atoms with Gasteiger partial charge < -0.3 is 0 Å². The minimum atomic E-state index is 0.564. The first-order chi connectivity index (χ1) is 15.4. The number of nitrogens with zero attached hydrogens (tertiary/aromatic N) is 3. The molecule has 0 spiro atoms. The van der Waals surface area contributed by atoms with Crippen LogP contribution in [0, 0.1) is 0 Å². The standard InChI is InChI=1S/C24H29N3.C5H10/c1-7-12-14-17-19(6)22-25-23(20(11-5)18-13-8-2)27-24(26-22)21(15-9-3)16-10-4;1-4-5(2)3/h7-9,11-18H,2,6,10H2,1,3-5H3;4H,1-3H3/b12-7-,15-9-,17-14-,18-13-,20-11+,21-16?;. The van der Waals surface area contributed by atoms with E-state index in [-0.39, 0.29) is 0 Å². The van der Waals surface area contributed by atoms with Gasteiger partial charge in [0.2, 0.25) is 0 Å². The average Bonchev–Trinajstić information content (AvgIpc) is 2.79. The van der Waals surface area contributed by atoms with Crippen LogP contribution in [0.1, 0.15) is 72.4 Å². The molecule has 0 unspecified atom stereocenters. The summed E-state index contributed by atoms with van der Waals surface area (Å²) in [5.41, 5.74) is 3.99. The summed E-state index contributed by atoms with van der Waals surface area (Å²) in [5.74, 6) is 1.82. The Bertz CT molecular complexity index is 945. The number of allylic oxidation sites excluding steroid dienone is 16. The van der Waals surface area contributed by atoms with E-state index in [1.807, 2.05) is 82.4 Å². The molecule has 0 N–H and O–H groups in total. The second-order valence-corrected chi connectivity index (χ2v) is 6.99. The van der Waals surface area contributed by atoms with Crippen LogP contribution in [0.5, 0.6) is 0 Å². The molecular formula is C29H39N3. The fraction of sp³-hybridized carbons (Fsp3) is 0.276. The highest BCUT2D eigenvalue weighted by Gasteiger charge is 2.12. The van der Waals surface area contributed by atoms with Crippen molar-refractivity contribution in [2.45, 2.75) is 54.9 Å². The molecule has 0 aliphatic heterocycles. The highest BCUT2D eigenvalue weighted by atomic mass is 15.0. The Morgan fingerprint density at radius 2 is 1.34 bits per heavy atom. The molecule has 0 radical (unpaired) electrons. The van der Waals surface area contributed by atoms with Gasteiger partial charge >= 0.3 is 0 Å². The molecule has 0 saturated carbocycles. The molecule has 0 bridgehead atoms. The highest BCUT2D eigenvalue weighted by molar-refractivity contribution is 5.76. The Kier molecular flexibility index (Phi) is 15.6. The molecule has 0 amide bonds. The van der Waals surface area contributed by atoms with Gasteiger partial charge in [0.15, 0.2) is 17.5 Å². The molecule has 3 nitrogen and oxygen atoms in total. The first-order valence-electron chi connectivity index (χ1n) is 11.0. The van der Waals surface area contributed by atoms with E-state index in [4.69, 9.17) is 4.98 Å². The van der Waals surface area contributed by atoms with Crippen LogP contribution < -0.4 is 0 Å². The van der Waals surface area contributed by atoms with Crippen LogP contribution in [-0.2, 0) is 0 Å². The van der Waals surface area contributed by atoms with E-state index in [2.05, 4.69) is 56.0 Å². The van der Waals surface area contributed by atoms with E-state index in [9.17, 15) is 0 Å². The smallest absolute Gasteiger partial charge is 0.163 e. The molecule has 170 valence electrons. The molecule has 0 atom stereocenters. The van der Waals surface area contributed by atoms with Crippen molar-refractivity contribution in [2.75, 3.05) is 0 Å². The predicted molar refractivity (Wildman–Crippen MR) is 144 cm³/mol. The SMILES string of the molecule is C=C/C=C\C(=C/C)c1nc(C(=C)/C=C\C=C/C)nc(C(=CCC)/C=C\C)n1.CC=C(C)C. The summed E-state index contributed by atoms with van der Waals surface area (Å²) in [4.78, 5) is 14.0. The predicted octanol–water partition coefficient (Wildman–Crippen LogP) is 8.50. The van der Waals surface area contributed by atoms with Gasteiger partial charge in [-0.05, 0) is 48.0 Å². The summed E-state index contributed by atoms with van der Waals surface area (Å²) >= 11 is 0. The number of hydrogen-bond acceptors (Lipinski definition) is 3. The second kappa shape index (κ2) is 17.4. The van der Waals surface area contributed by atoms with Gasteiger partial charge in [-0.3, -0.25) is 0 Å². The zero-order valence-electron chi connectivity index (χ0n) is 20.9. The van der Waals surface area contributed by atoms with Gasteiger partial charge in [-0.15, -0.1) is 0 Å². The fourth-order valence-corrected chi connectivity index (χ4v) is 2.24. The second-order valence-electron chi connectivity index (χ2n) is 6.99. The van der Waals surface area contributed by atoms with Gasteiger partial charge in [-0.1, -0.05) is 98.6 Å². The summed E-state index contributed by atoms with van der Waals surface area (Å²) in [6.07, 6.45) is 24.3. The first kappa shape index (κ1) is 28.7. The lowest BCUT2D eigenvalue weighted by molar-refractivity contribution is 0.969. The topological polar surface area (TPSA) is 38.7 Å². The fourth-order valence-electron chi connectivity index (χ4n) is 2.24. The summed E-state index contributed by atoms with van der Waals surface area (Å²) in [6, 6.07) is 0. The van der Waals surface area contributed by atoms with Crippen LogP contribution >= 0.6 is 0 Å². The molecule has 0 aliphatic carbocycles. The van der Waals surface area contributed by atoms with Gasteiger partial charge in [0, 0.05) is 16.7 Å². The molecule has 1 heterocycles. The van der Waals surface area contributed by atoms with Crippen LogP contribution in [0.3, 0.4) is 0 Å². The molecule has 3 heteroatoms. The molecule has 32 heavy (non-hydrogen) atoms. The summed E-state index contributed by atoms with van der Waals surface area (Å²) < 4.78 is 0. The lowest BCUT2D eigenvalue weighted by Gasteiger charge is -2.09. The van der Waals surface area contributed by atoms with Crippen LogP contribution in [0.4, 0.5) is 0 Å². The maximum Gasteiger partial charge on any atom is 0.163 e. The molecule has 0 saturated heterocycles. The van der Waals surface area contributed by atoms with E-state index >= 15 is 0 Å². The number of aromatic nitrogens is 3. The van der Waals surface area contributed by atoms with E-state index in [0.717, 1.165) is 23.1 Å². The van der Waals surface area contributed by atoms with Crippen molar-refractivity contribution >= 4 is 16.7 Å². The Morgan fingerprint density at radius 3 is 1.81 bits per heavy atom. The van der Waals surface area contributed by atoms with Crippen LogP contribution in [-0.4, -0.2) is 15.0 Å². The van der Waals surface area contributed by atoms with Crippen molar-refractivity contribution in [3.8, 4) is 0 Å². The van der Waals surface area contributed by atoms with Gasteiger partial charge in [0.05, 0.1) is 0 Å². The molecule has 1 aromatic heterocycles. The minimum absolute atomic E-state index is 0.564. The van der Waals surface area contributed by atoms with Gasteiger partial charge in [0.1, 0.15) is 0 Å². The maximum absolute atomic E-state index is 4.70. The van der Waals surface area contributed by atoms with Crippen LogP contribution in [0.2, 0.25) is 0 Å². The summed E-state index contributed by atoms with van der Waals surface area (Å²) in [7, 11) is 0. The quantitative estimate of drug-likeness (QED) is 0.292. The highest BCUT2D eigenvalue weighted by Crippen LogP contribution is 2.20. The van der Waals surface area contributed by atoms with Crippen molar-refractivity contribution in [3.05, 3.63) is 109 Å². The van der Waals surface area contributed by atoms with Gasteiger partial charge in [-0.2, -0.15) is 0 Å². The summed E-state index contributed by atoms with van der Waals surface area (Å²) in [6.45, 7) is 22.0. The van der Waals surface area contributed by atoms with E-state index in [0.29, 0.717) is 17.5 Å². The Balaban J connectivity index is 0.00000172. The molecule has 1 rings (SSSR count). The monoisotopic (exact) mass is 429 g/mol. The van der Waals surface area contributed by atoms with E-state index in [1.165, 1.54) is 5.57 Å². The molecule has 0 aliphatic rings. The van der Waals surface area contributed by atoms with Gasteiger partial charge in [0.25, 0.3) is 0 Å².